The molecule has 1 saturated heterocycles. The summed E-state index contributed by atoms with van der Waals surface area (Å²) in [5, 5.41) is 13.4. The summed E-state index contributed by atoms with van der Waals surface area (Å²) >= 11 is 0. The van der Waals surface area contributed by atoms with E-state index in [9.17, 15) is 19.7 Å². The van der Waals surface area contributed by atoms with Crippen molar-refractivity contribution < 1.29 is 28.4 Å². The molecule has 10 heteroatoms. The van der Waals surface area contributed by atoms with E-state index in [1.54, 1.807) is 6.07 Å². The quantitative estimate of drug-likeness (QED) is 0.619. The Balaban J connectivity index is 1.27. The lowest BCUT2D eigenvalue weighted by Crippen LogP contribution is -2.55. The Kier molecular flexibility index (Phi) is 4.15. The fourth-order valence-electron chi connectivity index (χ4n) is 2.89. The summed E-state index contributed by atoms with van der Waals surface area (Å²) in [5.41, 5.74) is 0.878. The van der Waals surface area contributed by atoms with Gasteiger partial charge in [-0.15, -0.1) is 0 Å². The summed E-state index contributed by atoms with van der Waals surface area (Å²) in [5.74, 6) is -0.234. The fourth-order valence-corrected chi connectivity index (χ4v) is 2.89. The maximum atomic E-state index is 12.2. The monoisotopic (exact) mass is 373 g/mol. The molecule has 1 aromatic heterocycles. The first kappa shape index (κ1) is 16.9. The second kappa shape index (κ2) is 6.63. The molecule has 2 aliphatic rings. The van der Waals surface area contributed by atoms with Crippen LogP contribution in [0.3, 0.4) is 0 Å². The first-order valence-electron chi connectivity index (χ1n) is 8.21. The van der Waals surface area contributed by atoms with Crippen molar-refractivity contribution in [3.05, 3.63) is 51.8 Å². The van der Waals surface area contributed by atoms with Crippen molar-refractivity contribution in [3.8, 4) is 11.5 Å². The van der Waals surface area contributed by atoms with E-state index in [1.807, 2.05) is 12.1 Å². The number of ether oxygens (including phenoxy) is 2. The molecule has 2 aliphatic heterocycles. The molecule has 0 atom stereocenters. The number of nitrogens with one attached hydrogen (secondary N) is 1. The van der Waals surface area contributed by atoms with Gasteiger partial charge in [-0.2, -0.15) is 0 Å². The Labute approximate surface area is 152 Å². The smallest absolute Gasteiger partial charge is 0.433 e. The van der Waals surface area contributed by atoms with Crippen LogP contribution in [-0.2, 0) is 11.3 Å². The minimum atomic E-state index is -0.709. The lowest BCUT2D eigenvalue weighted by molar-refractivity contribution is -0.402. The van der Waals surface area contributed by atoms with Crippen molar-refractivity contribution >= 4 is 17.7 Å². The molecule has 0 aliphatic carbocycles. The number of amides is 2. The number of rotatable bonds is 5. The number of carbonyl (C=O) groups is 2. The van der Waals surface area contributed by atoms with Crippen LogP contribution in [0.2, 0.25) is 0 Å². The molecule has 2 aromatic rings. The molecule has 0 radical (unpaired) electrons. The molecular weight excluding hydrogens is 358 g/mol. The van der Waals surface area contributed by atoms with Crippen molar-refractivity contribution in [2.45, 2.75) is 6.54 Å². The third kappa shape index (κ3) is 3.28. The highest BCUT2D eigenvalue weighted by Gasteiger charge is 2.37. The summed E-state index contributed by atoms with van der Waals surface area (Å²) < 4.78 is 15.4. The fraction of sp³-hybridized carbons (Fsp3) is 0.294. The molecule has 140 valence electrons. The molecule has 1 fully saturated rings. The van der Waals surface area contributed by atoms with Crippen LogP contribution < -0.4 is 14.8 Å². The van der Waals surface area contributed by atoms with Crippen molar-refractivity contribution in [1.29, 1.82) is 0 Å². The zero-order valence-corrected chi connectivity index (χ0v) is 14.0. The highest BCUT2D eigenvalue weighted by Crippen LogP contribution is 2.32. The van der Waals surface area contributed by atoms with Crippen molar-refractivity contribution in [2.24, 2.45) is 5.92 Å². The van der Waals surface area contributed by atoms with E-state index in [2.05, 4.69) is 5.32 Å². The zero-order chi connectivity index (χ0) is 19.0. The largest absolute Gasteiger partial charge is 0.454 e. The number of furan rings is 1. The Morgan fingerprint density at radius 1 is 1.19 bits per heavy atom. The van der Waals surface area contributed by atoms with E-state index in [0.717, 1.165) is 11.6 Å². The zero-order valence-electron chi connectivity index (χ0n) is 14.0. The minimum Gasteiger partial charge on any atom is -0.454 e. The predicted octanol–water partition coefficient (Wildman–Crippen LogP) is 1.30. The molecule has 1 aromatic carbocycles. The Bertz CT molecular complexity index is 917. The molecule has 4 rings (SSSR count). The standard InChI is InChI=1S/C17H15N3O7/c21-16(18-6-10-1-2-12-14(5-10)26-9-25-12)11-7-19(8-11)17(22)13-3-4-15(27-13)20(23)24/h1-5,11H,6-9H2,(H,18,21). The number of hydrogen-bond acceptors (Lipinski definition) is 7. The summed E-state index contributed by atoms with van der Waals surface area (Å²) in [6.45, 7) is 1.00. The van der Waals surface area contributed by atoms with Gasteiger partial charge in [0, 0.05) is 19.6 Å². The van der Waals surface area contributed by atoms with Gasteiger partial charge in [-0.05, 0) is 23.8 Å². The molecule has 10 nitrogen and oxygen atoms in total. The molecule has 1 N–H and O–H groups in total. The van der Waals surface area contributed by atoms with Crippen molar-refractivity contribution in [2.75, 3.05) is 19.9 Å². The molecule has 0 bridgehead atoms. The van der Waals surface area contributed by atoms with E-state index in [1.165, 1.54) is 11.0 Å². The van der Waals surface area contributed by atoms with Gasteiger partial charge in [0.15, 0.2) is 17.3 Å². The van der Waals surface area contributed by atoms with Gasteiger partial charge in [-0.3, -0.25) is 19.7 Å². The number of nitro groups is 1. The second-order valence-corrected chi connectivity index (χ2v) is 6.21. The van der Waals surface area contributed by atoms with Gasteiger partial charge in [-0.25, -0.2) is 0 Å². The number of carbonyl (C=O) groups excluding carboxylic acids is 2. The van der Waals surface area contributed by atoms with Crippen molar-refractivity contribution in [3.63, 3.8) is 0 Å². The van der Waals surface area contributed by atoms with E-state index in [4.69, 9.17) is 13.9 Å². The average Bonchev–Trinajstić information content (AvgIpc) is 3.27. The molecule has 27 heavy (non-hydrogen) atoms. The van der Waals surface area contributed by atoms with Crippen LogP contribution in [0, 0.1) is 16.0 Å². The van der Waals surface area contributed by atoms with Gasteiger partial charge in [-0.1, -0.05) is 6.07 Å². The SMILES string of the molecule is O=C(NCc1ccc2c(c1)OCO2)C1CN(C(=O)c2ccc([N+](=O)[O-])o2)C1. The molecule has 0 unspecified atom stereocenters. The van der Waals surface area contributed by atoms with Crippen LogP contribution in [0.25, 0.3) is 0 Å². The van der Waals surface area contributed by atoms with Gasteiger partial charge in [0.05, 0.1) is 12.0 Å². The topological polar surface area (TPSA) is 124 Å². The third-order valence-corrected chi connectivity index (χ3v) is 4.43. The number of likely N-dealkylation sites (tertiary alicyclic amines) is 1. The molecule has 2 amide bonds. The normalized spacial score (nSPS) is 15.3. The average molecular weight is 373 g/mol. The second-order valence-electron chi connectivity index (χ2n) is 6.21. The lowest BCUT2D eigenvalue weighted by atomic mass is 9.98. The van der Waals surface area contributed by atoms with Gasteiger partial charge in [0.2, 0.25) is 12.7 Å². The van der Waals surface area contributed by atoms with Crippen LogP contribution in [-0.4, -0.2) is 41.5 Å². The molecular formula is C17H15N3O7. The number of benzene rings is 1. The number of hydrogen-bond donors (Lipinski definition) is 1. The Morgan fingerprint density at radius 2 is 1.96 bits per heavy atom. The first-order valence-corrected chi connectivity index (χ1v) is 8.21. The Morgan fingerprint density at radius 3 is 2.70 bits per heavy atom. The van der Waals surface area contributed by atoms with E-state index >= 15 is 0 Å². The highest BCUT2D eigenvalue weighted by molar-refractivity contribution is 5.94. The Hall–Kier alpha value is -3.56. The van der Waals surface area contributed by atoms with Crippen LogP contribution in [0.4, 0.5) is 5.88 Å². The van der Waals surface area contributed by atoms with Crippen LogP contribution in [0.15, 0.2) is 34.7 Å². The predicted molar refractivity (Wildman–Crippen MR) is 89.2 cm³/mol. The first-order chi connectivity index (χ1) is 13.0. The minimum absolute atomic E-state index is 0.110. The van der Waals surface area contributed by atoms with Crippen LogP contribution in [0.5, 0.6) is 11.5 Å². The molecule has 0 spiro atoms. The van der Waals surface area contributed by atoms with E-state index in [0.29, 0.717) is 18.0 Å². The van der Waals surface area contributed by atoms with Gasteiger partial charge >= 0.3 is 5.88 Å². The maximum Gasteiger partial charge on any atom is 0.433 e. The molecule has 3 heterocycles. The summed E-state index contributed by atoms with van der Waals surface area (Å²) in [4.78, 5) is 35.7. The summed E-state index contributed by atoms with van der Waals surface area (Å²) in [6, 6.07) is 7.82. The van der Waals surface area contributed by atoms with Gasteiger partial charge < -0.3 is 24.1 Å². The van der Waals surface area contributed by atoms with Gasteiger partial charge in [0.25, 0.3) is 5.91 Å². The number of fused-ring (bicyclic) bond motifs is 1. The van der Waals surface area contributed by atoms with Crippen molar-refractivity contribution in [1.82, 2.24) is 10.2 Å². The summed E-state index contributed by atoms with van der Waals surface area (Å²) in [7, 11) is 0. The van der Waals surface area contributed by atoms with Crippen LogP contribution >= 0.6 is 0 Å². The van der Waals surface area contributed by atoms with Crippen LogP contribution in [0.1, 0.15) is 16.1 Å². The number of nitrogens with zero attached hydrogens (tertiary/aromatic N) is 2. The lowest BCUT2D eigenvalue weighted by Gasteiger charge is -2.37. The van der Waals surface area contributed by atoms with E-state index in [-0.39, 0.29) is 37.5 Å². The van der Waals surface area contributed by atoms with E-state index < -0.39 is 16.7 Å². The van der Waals surface area contributed by atoms with Gasteiger partial charge in [0.1, 0.15) is 4.92 Å². The maximum absolute atomic E-state index is 12.2. The highest BCUT2D eigenvalue weighted by atomic mass is 16.7. The molecule has 0 saturated carbocycles. The third-order valence-electron chi connectivity index (χ3n) is 4.43. The summed E-state index contributed by atoms with van der Waals surface area (Å²) in [6.07, 6.45) is 0.